The van der Waals surface area contributed by atoms with Crippen LogP contribution in [0.15, 0.2) is 41.6 Å². The van der Waals surface area contributed by atoms with E-state index in [-0.39, 0.29) is 10.8 Å². The van der Waals surface area contributed by atoms with Gasteiger partial charge >= 0.3 is 6.09 Å². The first-order chi connectivity index (χ1) is 14.4. The Kier molecular flexibility index (Phi) is 6.81. The first-order valence-electron chi connectivity index (χ1n) is 9.33. The Balaban J connectivity index is 1.53. The SMILES string of the molecule is COC(=O)Nc1ccc(S(=O)(=O)NCC2CCN(c3nccnc3C#N)CC2)cc1. The average Bonchev–Trinajstić information content (AvgIpc) is 2.78. The van der Waals surface area contributed by atoms with Crippen molar-refractivity contribution < 1.29 is 17.9 Å². The highest BCUT2D eigenvalue weighted by molar-refractivity contribution is 7.89. The molecular weight excluding hydrogens is 408 g/mol. The number of nitrogens with one attached hydrogen (secondary N) is 2. The highest BCUT2D eigenvalue weighted by Gasteiger charge is 2.24. The lowest BCUT2D eigenvalue weighted by Crippen LogP contribution is -2.39. The van der Waals surface area contributed by atoms with Gasteiger partial charge in [0.25, 0.3) is 0 Å². The molecule has 30 heavy (non-hydrogen) atoms. The molecule has 11 heteroatoms. The van der Waals surface area contributed by atoms with Crippen molar-refractivity contribution >= 4 is 27.6 Å². The lowest BCUT2D eigenvalue weighted by Gasteiger charge is -2.32. The molecule has 0 radical (unpaired) electrons. The van der Waals surface area contributed by atoms with Gasteiger partial charge in [0.2, 0.25) is 10.0 Å². The molecule has 0 spiro atoms. The minimum absolute atomic E-state index is 0.119. The highest BCUT2D eigenvalue weighted by Crippen LogP contribution is 2.23. The Morgan fingerprint density at radius 2 is 1.90 bits per heavy atom. The van der Waals surface area contributed by atoms with Gasteiger partial charge in [-0.3, -0.25) is 5.32 Å². The third-order valence-electron chi connectivity index (χ3n) is 4.86. The quantitative estimate of drug-likeness (QED) is 0.707. The number of hydrogen-bond donors (Lipinski definition) is 2. The number of nitrogens with zero attached hydrogens (tertiary/aromatic N) is 4. The summed E-state index contributed by atoms with van der Waals surface area (Å²) in [7, 11) is -2.41. The van der Waals surface area contributed by atoms with Crippen molar-refractivity contribution in [3.05, 3.63) is 42.4 Å². The number of amides is 1. The first kappa shape index (κ1) is 21.5. The summed E-state index contributed by atoms with van der Waals surface area (Å²) in [5.41, 5.74) is 0.732. The van der Waals surface area contributed by atoms with Crippen LogP contribution in [-0.4, -0.2) is 51.2 Å². The fourth-order valence-corrected chi connectivity index (χ4v) is 4.30. The zero-order valence-corrected chi connectivity index (χ0v) is 17.2. The maximum Gasteiger partial charge on any atom is 0.411 e. The van der Waals surface area contributed by atoms with Crippen LogP contribution in [0.25, 0.3) is 0 Å². The molecule has 1 aliphatic heterocycles. The van der Waals surface area contributed by atoms with Crippen LogP contribution >= 0.6 is 0 Å². The molecule has 0 atom stereocenters. The van der Waals surface area contributed by atoms with E-state index in [0.29, 0.717) is 36.8 Å². The number of carbonyl (C=O) groups is 1. The third-order valence-corrected chi connectivity index (χ3v) is 6.30. The molecule has 2 aromatic rings. The fraction of sp³-hybridized carbons (Fsp3) is 0.368. The monoisotopic (exact) mass is 430 g/mol. The van der Waals surface area contributed by atoms with Gasteiger partial charge in [-0.2, -0.15) is 5.26 Å². The Bertz CT molecular complexity index is 1030. The Morgan fingerprint density at radius 3 is 2.53 bits per heavy atom. The summed E-state index contributed by atoms with van der Waals surface area (Å²) in [6.07, 6.45) is 3.96. The fourth-order valence-electron chi connectivity index (χ4n) is 3.19. The van der Waals surface area contributed by atoms with E-state index >= 15 is 0 Å². The average molecular weight is 430 g/mol. The molecule has 0 bridgehead atoms. The van der Waals surface area contributed by atoms with Crippen molar-refractivity contribution in [2.75, 3.05) is 37.0 Å². The second kappa shape index (κ2) is 9.51. The van der Waals surface area contributed by atoms with Crippen LogP contribution in [0, 0.1) is 17.2 Å². The Hall–Kier alpha value is -3.23. The number of hydrogen-bond acceptors (Lipinski definition) is 8. The molecule has 1 amide bonds. The molecule has 10 nitrogen and oxygen atoms in total. The number of anilines is 2. The minimum Gasteiger partial charge on any atom is -0.453 e. The minimum atomic E-state index is -3.66. The number of nitriles is 1. The molecule has 2 N–H and O–H groups in total. The van der Waals surface area contributed by atoms with Crippen molar-refractivity contribution in [3.8, 4) is 6.07 Å². The molecule has 3 rings (SSSR count). The molecule has 1 aliphatic rings. The summed E-state index contributed by atoms with van der Waals surface area (Å²) < 4.78 is 32.2. The summed E-state index contributed by atoms with van der Waals surface area (Å²) in [4.78, 5) is 21.6. The lowest BCUT2D eigenvalue weighted by atomic mass is 9.97. The third kappa shape index (κ3) is 5.22. The van der Waals surface area contributed by atoms with Gasteiger partial charge in [0.15, 0.2) is 11.5 Å². The van der Waals surface area contributed by atoms with Crippen molar-refractivity contribution in [1.82, 2.24) is 14.7 Å². The van der Waals surface area contributed by atoms with Gasteiger partial charge < -0.3 is 9.64 Å². The van der Waals surface area contributed by atoms with Crippen LogP contribution < -0.4 is 14.9 Å². The zero-order valence-electron chi connectivity index (χ0n) is 16.4. The summed E-state index contributed by atoms with van der Waals surface area (Å²) in [5, 5.41) is 11.6. The van der Waals surface area contributed by atoms with E-state index in [1.165, 1.54) is 37.6 Å². The normalized spacial score (nSPS) is 14.7. The summed E-state index contributed by atoms with van der Waals surface area (Å²) in [5.74, 6) is 0.748. The molecule has 0 saturated carbocycles. The number of aromatic nitrogens is 2. The lowest BCUT2D eigenvalue weighted by molar-refractivity contribution is 0.187. The van der Waals surface area contributed by atoms with E-state index in [4.69, 9.17) is 0 Å². The number of carbonyl (C=O) groups excluding carboxylic acids is 1. The molecule has 1 aromatic heterocycles. The van der Waals surface area contributed by atoms with Crippen molar-refractivity contribution in [1.29, 1.82) is 5.26 Å². The van der Waals surface area contributed by atoms with E-state index in [9.17, 15) is 18.5 Å². The molecule has 1 fully saturated rings. The van der Waals surface area contributed by atoms with Gasteiger partial charge in [0.05, 0.1) is 12.0 Å². The van der Waals surface area contributed by atoms with Crippen LogP contribution in [0.5, 0.6) is 0 Å². The van der Waals surface area contributed by atoms with Crippen molar-refractivity contribution in [2.24, 2.45) is 5.92 Å². The number of sulfonamides is 1. The van der Waals surface area contributed by atoms with Gasteiger partial charge in [-0.25, -0.2) is 27.9 Å². The van der Waals surface area contributed by atoms with Crippen LogP contribution in [-0.2, 0) is 14.8 Å². The van der Waals surface area contributed by atoms with Gasteiger partial charge in [0.1, 0.15) is 6.07 Å². The first-order valence-corrected chi connectivity index (χ1v) is 10.8. The highest BCUT2D eigenvalue weighted by atomic mass is 32.2. The van der Waals surface area contributed by atoms with Crippen molar-refractivity contribution in [2.45, 2.75) is 17.7 Å². The van der Waals surface area contributed by atoms with Crippen LogP contribution in [0.1, 0.15) is 18.5 Å². The van der Waals surface area contributed by atoms with Gasteiger partial charge in [-0.05, 0) is 43.0 Å². The van der Waals surface area contributed by atoms with E-state index in [1.807, 2.05) is 11.0 Å². The number of rotatable bonds is 6. The molecule has 0 aliphatic carbocycles. The zero-order chi connectivity index (χ0) is 21.6. The number of piperidine rings is 1. The van der Waals surface area contributed by atoms with E-state index in [2.05, 4.69) is 24.7 Å². The number of methoxy groups -OCH3 is 1. The second-order valence-electron chi connectivity index (χ2n) is 6.76. The number of ether oxygens (including phenoxy) is 1. The molecule has 1 aromatic carbocycles. The van der Waals surface area contributed by atoms with E-state index in [1.54, 1.807) is 6.20 Å². The Morgan fingerprint density at radius 1 is 1.23 bits per heavy atom. The number of benzene rings is 1. The molecule has 0 unspecified atom stereocenters. The smallest absolute Gasteiger partial charge is 0.411 e. The predicted octanol–water partition coefficient (Wildman–Crippen LogP) is 1.72. The molecule has 1 saturated heterocycles. The van der Waals surface area contributed by atoms with E-state index < -0.39 is 16.1 Å². The topological polar surface area (TPSA) is 137 Å². The van der Waals surface area contributed by atoms with Crippen LogP contribution in [0.4, 0.5) is 16.3 Å². The largest absolute Gasteiger partial charge is 0.453 e. The van der Waals surface area contributed by atoms with Crippen LogP contribution in [0.2, 0.25) is 0 Å². The maximum absolute atomic E-state index is 12.5. The van der Waals surface area contributed by atoms with Gasteiger partial charge in [0, 0.05) is 37.7 Å². The summed E-state index contributed by atoms with van der Waals surface area (Å²) in [6, 6.07) is 7.89. The summed E-state index contributed by atoms with van der Waals surface area (Å²) in [6.45, 7) is 1.67. The standard InChI is InChI=1S/C19H22N6O4S/c1-29-19(26)24-15-2-4-16(5-3-15)30(27,28)23-13-14-6-10-25(11-7-14)18-17(12-20)21-8-9-22-18/h2-5,8-9,14,23H,6-7,10-11,13H2,1H3,(H,24,26). The van der Waals surface area contributed by atoms with Gasteiger partial charge in [-0.1, -0.05) is 0 Å². The molecule has 2 heterocycles. The van der Waals surface area contributed by atoms with Gasteiger partial charge in [-0.15, -0.1) is 0 Å². The Labute approximate surface area is 174 Å². The summed E-state index contributed by atoms with van der Waals surface area (Å²) >= 11 is 0. The van der Waals surface area contributed by atoms with Crippen molar-refractivity contribution in [3.63, 3.8) is 0 Å². The second-order valence-corrected chi connectivity index (χ2v) is 8.53. The molecule has 158 valence electrons. The predicted molar refractivity (Wildman–Crippen MR) is 109 cm³/mol. The molecular formula is C19H22N6O4S. The van der Waals surface area contributed by atoms with E-state index in [0.717, 1.165) is 12.8 Å². The van der Waals surface area contributed by atoms with Crippen LogP contribution in [0.3, 0.4) is 0 Å². The maximum atomic E-state index is 12.5.